The van der Waals surface area contributed by atoms with Crippen molar-refractivity contribution in [3.63, 3.8) is 0 Å². The summed E-state index contributed by atoms with van der Waals surface area (Å²) in [6.07, 6.45) is 0. The summed E-state index contributed by atoms with van der Waals surface area (Å²) in [7, 11) is 0. The molecule has 4 N–H and O–H groups in total. The van der Waals surface area contributed by atoms with Gasteiger partial charge >= 0.3 is 11.9 Å². The predicted molar refractivity (Wildman–Crippen MR) is 90.4 cm³/mol. The van der Waals surface area contributed by atoms with Gasteiger partial charge in [-0.2, -0.15) is 0 Å². The van der Waals surface area contributed by atoms with Crippen LogP contribution in [0.5, 0.6) is 0 Å². The molecule has 0 aliphatic rings. The van der Waals surface area contributed by atoms with E-state index in [1.807, 2.05) is 45.9 Å². The number of nitrogens with zero attached hydrogens (tertiary/aromatic N) is 1. The number of rotatable bonds is 10. The Morgan fingerprint density at radius 2 is 1.29 bits per heavy atom. The van der Waals surface area contributed by atoms with Gasteiger partial charge in [0.15, 0.2) is 0 Å². The molecule has 1 heterocycles. The topological polar surface area (TPSA) is 112 Å². The van der Waals surface area contributed by atoms with Crippen molar-refractivity contribution in [2.45, 2.75) is 52.9 Å². The van der Waals surface area contributed by atoms with Crippen molar-refractivity contribution in [2.75, 3.05) is 0 Å². The fourth-order valence-electron chi connectivity index (χ4n) is 2.37. The molecule has 0 radical (unpaired) electrons. The van der Waals surface area contributed by atoms with E-state index in [1.165, 1.54) is 0 Å². The number of aromatic nitrogens is 1. The van der Waals surface area contributed by atoms with Crippen LogP contribution in [0.25, 0.3) is 0 Å². The lowest BCUT2D eigenvalue weighted by molar-refractivity contribution is -0.141. The Kier molecular flexibility index (Phi) is 7.81. The Bertz CT molecular complexity index is 515. The minimum absolute atomic E-state index is 0.0327. The van der Waals surface area contributed by atoms with Crippen molar-refractivity contribution in [1.82, 2.24) is 15.6 Å². The number of pyridine rings is 1. The molecular weight excluding hydrogens is 310 g/mol. The zero-order valence-corrected chi connectivity index (χ0v) is 14.6. The second kappa shape index (κ2) is 9.34. The molecule has 0 amide bonds. The molecule has 2 atom stereocenters. The Hall–Kier alpha value is -1.99. The zero-order valence-electron chi connectivity index (χ0n) is 14.6. The van der Waals surface area contributed by atoms with Crippen LogP contribution in [0, 0.1) is 11.8 Å². The molecule has 24 heavy (non-hydrogen) atoms. The third-order valence-electron chi connectivity index (χ3n) is 3.74. The molecule has 0 bridgehead atoms. The lowest BCUT2D eigenvalue weighted by Crippen LogP contribution is -2.41. The van der Waals surface area contributed by atoms with Crippen LogP contribution in [0.1, 0.15) is 39.1 Å². The fraction of sp³-hybridized carbons (Fsp3) is 0.588. The van der Waals surface area contributed by atoms with Gasteiger partial charge in [-0.3, -0.25) is 25.2 Å². The van der Waals surface area contributed by atoms with E-state index in [0.29, 0.717) is 13.1 Å². The molecule has 0 aliphatic carbocycles. The van der Waals surface area contributed by atoms with Crippen LogP contribution >= 0.6 is 0 Å². The molecule has 1 rings (SSSR count). The van der Waals surface area contributed by atoms with E-state index in [9.17, 15) is 19.8 Å². The molecule has 0 saturated carbocycles. The maximum atomic E-state index is 11.2. The van der Waals surface area contributed by atoms with E-state index < -0.39 is 24.0 Å². The molecule has 1 aromatic rings. The molecule has 0 saturated heterocycles. The van der Waals surface area contributed by atoms with Gasteiger partial charge < -0.3 is 10.2 Å². The first-order chi connectivity index (χ1) is 11.2. The van der Waals surface area contributed by atoms with Crippen LogP contribution in [0.2, 0.25) is 0 Å². The quantitative estimate of drug-likeness (QED) is 0.511. The highest BCUT2D eigenvalue weighted by Crippen LogP contribution is 2.06. The Morgan fingerprint density at radius 1 is 0.917 bits per heavy atom. The first-order valence-electron chi connectivity index (χ1n) is 8.09. The Morgan fingerprint density at radius 3 is 1.58 bits per heavy atom. The van der Waals surface area contributed by atoms with Crippen LogP contribution in [-0.2, 0) is 22.7 Å². The van der Waals surface area contributed by atoms with Crippen molar-refractivity contribution in [1.29, 1.82) is 0 Å². The SMILES string of the molecule is CC(C)C(NCc1cccc(CNC(C(=O)O)C(C)C)n1)C(=O)O. The van der Waals surface area contributed by atoms with Crippen LogP contribution in [-0.4, -0.2) is 39.2 Å². The van der Waals surface area contributed by atoms with Gasteiger partial charge in [0.2, 0.25) is 0 Å². The van der Waals surface area contributed by atoms with Crippen LogP contribution in [0.4, 0.5) is 0 Å². The lowest BCUT2D eigenvalue weighted by atomic mass is 10.0. The monoisotopic (exact) mass is 337 g/mol. The average Bonchev–Trinajstić information content (AvgIpc) is 2.46. The van der Waals surface area contributed by atoms with Crippen molar-refractivity contribution >= 4 is 11.9 Å². The third kappa shape index (κ3) is 6.25. The smallest absolute Gasteiger partial charge is 0.320 e. The summed E-state index contributed by atoms with van der Waals surface area (Å²) in [4.78, 5) is 26.8. The molecule has 0 spiro atoms. The van der Waals surface area contributed by atoms with Gasteiger partial charge in [0.25, 0.3) is 0 Å². The standard InChI is InChI=1S/C17H27N3O4/c1-10(2)14(16(21)22)18-8-12-6-5-7-13(20-12)9-19-15(11(3)4)17(23)24/h5-7,10-11,14-15,18-19H,8-9H2,1-4H3,(H,21,22)(H,23,24). The highest BCUT2D eigenvalue weighted by atomic mass is 16.4. The summed E-state index contributed by atoms with van der Waals surface area (Å²) in [6, 6.07) is 4.19. The number of carboxylic acid groups (broad SMARTS) is 2. The minimum atomic E-state index is -0.885. The second-order valence-corrected chi connectivity index (χ2v) is 6.50. The predicted octanol–water partition coefficient (Wildman–Crippen LogP) is 1.48. The van der Waals surface area contributed by atoms with Gasteiger partial charge in [0.05, 0.1) is 11.4 Å². The molecule has 7 nitrogen and oxygen atoms in total. The summed E-state index contributed by atoms with van der Waals surface area (Å²) in [6.45, 7) is 8.06. The van der Waals surface area contributed by atoms with Crippen LogP contribution < -0.4 is 10.6 Å². The molecular formula is C17H27N3O4. The van der Waals surface area contributed by atoms with E-state index in [0.717, 1.165) is 11.4 Å². The largest absolute Gasteiger partial charge is 0.480 e. The van der Waals surface area contributed by atoms with Crippen LogP contribution in [0.15, 0.2) is 18.2 Å². The maximum absolute atomic E-state index is 11.2. The molecule has 1 aromatic heterocycles. The Labute approximate surface area is 142 Å². The summed E-state index contributed by atoms with van der Waals surface area (Å²) in [5.41, 5.74) is 1.44. The van der Waals surface area contributed by atoms with E-state index >= 15 is 0 Å². The van der Waals surface area contributed by atoms with Crippen molar-refractivity contribution in [2.24, 2.45) is 11.8 Å². The molecule has 0 fully saturated rings. The lowest BCUT2D eigenvalue weighted by Gasteiger charge is -2.19. The molecule has 134 valence electrons. The van der Waals surface area contributed by atoms with Gasteiger partial charge in [-0.25, -0.2) is 0 Å². The highest BCUT2D eigenvalue weighted by Gasteiger charge is 2.21. The zero-order chi connectivity index (χ0) is 18.3. The van der Waals surface area contributed by atoms with E-state index in [2.05, 4.69) is 15.6 Å². The van der Waals surface area contributed by atoms with E-state index in [-0.39, 0.29) is 11.8 Å². The maximum Gasteiger partial charge on any atom is 0.320 e. The third-order valence-corrected chi connectivity index (χ3v) is 3.74. The first-order valence-corrected chi connectivity index (χ1v) is 8.09. The first kappa shape index (κ1) is 20.1. The summed E-state index contributed by atoms with van der Waals surface area (Å²) in [5.74, 6) is -1.84. The van der Waals surface area contributed by atoms with Crippen molar-refractivity contribution < 1.29 is 19.8 Å². The number of carboxylic acids is 2. The van der Waals surface area contributed by atoms with Gasteiger partial charge in [-0.05, 0) is 24.0 Å². The molecule has 2 unspecified atom stereocenters. The number of aliphatic carboxylic acids is 2. The number of hydrogen-bond donors (Lipinski definition) is 4. The normalized spacial score (nSPS) is 13.9. The highest BCUT2D eigenvalue weighted by molar-refractivity contribution is 5.74. The number of carbonyl (C=O) groups is 2. The number of hydrogen-bond acceptors (Lipinski definition) is 5. The van der Waals surface area contributed by atoms with Gasteiger partial charge in [0.1, 0.15) is 12.1 Å². The molecule has 7 heteroatoms. The second-order valence-electron chi connectivity index (χ2n) is 6.50. The molecule has 0 aliphatic heterocycles. The van der Waals surface area contributed by atoms with Crippen LogP contribution in [0.3, 0.4) is 0 Å². The van der Waals surface area contributed by atoms with Gasteiger partial charge in [-0.15, -0.1) is 0 Å². The van der Waals surface area contributed by atoms with E-state index in [1.54, 1.807) is 0 Å². The van der Waals surface area contributed by atoms with Gasteiger partial charge in [0, 0.05) is 13.1 Å². The number of nitrogens with one attached hydrogen (secondary N) is 2. The Balaban J connectivity index is 2.66. The van der Waals surface area contributed by atoms with Gasteiger partial charge in [-0.1, -0.05) is 33.8 Å². The summed E-state index contributed by atoms with van der Waals surface area (Å²) >= 11 is 0. The van der Waals surface area contributed by atoms with Crippen molar-refractivity contribution in [3.05, 3.63) is 29.6 Å². The average molecular weight is 337 g/mol. The summed E-state index contributed by atoms with van der Waals surface area (Å²) in [5, 5.41) is 24.3. The van der Waals surface area contributed by atoms with E-state index in [4.69, 9.17) is 0 Å². The fourth-order valence-corrected chi connectivity index (χ4v) is 2.37. The van der Waals surface area contributed by atoms with Crippen molar-refractivity contribution in [3.8, 4) is 0 Å². The minimum Gasteiger partial charge on any atom is -0.480 e. The molecule has 0 aromatic carbocycles. The summed E-state index contributed by atoms with van der Waals surface area (Å²) < 4.78 is 0.